The van der Waals surface area contributed by atoms with Crippen LogP contribution in [0, 0.1) is 6.92 Å². The first-order chi connectivity index (χ1) is 7.18. The number of hydrogen-bond acceptors (Lipinski definition) is 0. The molecule has 15 heavy (non-hydrogen) atoms. The van der Waals surface area contributed by atoms with Crippen molar-refractivity contribution in [2.24, 2.45) is 0 Å². The maximum absolute atomic E-state index is 2.43. The molecule has 0 heterocycles. The van der Waals surface area contributed by atoms with Gasteiger partial charge in [0.2, 0.25) is 0 Å². The van der Waals surface area contributed by atoms with Crippen LogP contribution in [0.15, 0.2) is 12.1 Å². The fourth-order valence-electron chi connectivity index (χ4n) is 2.39. The van der Waals surface area contributed by atoms with Crippen molar-refractivity contribution in [1.82, 2.24) is 0 Å². The van der Waals surface area contributed by atoms with Gasteiger partial charge in [-0.05, 0) is 54.4 Å². The van der Waals surface area contributed by atoms with Crippen molar-refractivity contribution >= 4 is 0 Å². The Kier molecular flexibility index (Phi) is 4.38. The molecule has 0 saturated heterocycles. The highest BCUT2D eigenvalue weighted by atomic mass is 14.2. The molecule has 0 heteroatoms. The molecule has 1 aromatic carbocycles. The van der Waals surface area contributed by atoms with Crippen LogP contribution in [0.1, 0.15) is 62.3 Å². The molecule has 0 spiro atoms. The largest absolute Gasteiger partial charge is 0.0683 e. The number of rotatable bonds is 1. The number of hydrogen-bond donors (Lipinski definition) is 0. The first-order valence-electron chi connectivity index (χ1n) is 6.31. The second-order valence-corrected chi connectivity index (χ2v) is 4.49. The molecule has 1 aromatic rings. The third-order valence-corrected chi connectivity index (χ3v) is 3.10. The van der Waals surface area contributed by atoms with E-state index in [1.807, 2.05) is 13.8 Å². The van der Waals surface area contributed by atoms with Gasteiger partial charge in [-0.2, -0.15) is 0 Å². The first-order valence-corrected chi connectivity index (χ1v) is 6.31. The van der Waals surface area contributed by atoms with E-state index in [4.69, 9.17) is 0 Å². The lowest BCUT2D eigenvalue weighted by atomic mass is 9.94. The molecule has 0 N–H and O–H groups in total. The Morgan fingerprint density at radius 3 is 2.07 bits per heavy atom. The van der Waals surface area contributed by atoms with Gasteiger partial charge < -0.3 is 0 Å². The third kappa shape index (κ3) is 2.62. The second kappa shape index (κ2) is 5.34. The van der Waals surface area contributed by atoms with Gasteiger partial charge in [-0.25, -0.2) is 0 Å². The van der Waals surface area contributed by atoms with Crippen LogP contribution in [-0.2, 0) is 12.8 Å². The van der Waals surface area contributed by atoms with Crippen molar-refractivity contribution in [2.75, 3.05) is 0 Å². The Hall–Kier alpha value is -0.780. The summed E-state index contributed by atoms with van der Waals surface area (Å²) in [6, 6.07) is 4.83. The molecule has 0 aliphatic heterocycles. The van der Waals surface area contributed by atoms with Crippen LogP contribution in [0.25, 0.3) is 0 Å². The van der Waals surface area contributed by atoms with E-state index in [0.717, 1.165) is 0 Å². The summed E-state index contributed by atoms with van der Waals surface area (Å²) in [7, 11) is 0. The topological polar surface area (TPSA) is 0 Å². The van der Waals surface area contributed by atoms with Crippen LogP contribution < -0.4 is 0 Å². The molecule has 0 amide bonds. The minimum absolute atomic E-state index is 0.672. The maximum atomic E-state index is 2.43. The van der Waals surface area contributed by atoms with Gasteiger partial charge in [0.15, 0.2) is 0 Å². The van der Waals surface area contributed by atoms with Gasteiger partial charge in [0.1, 0.15) is 0 Å². The summed E-state index contributed by atoms with van der Waals surface area (Å²) in [6.07, 6.45) is 3.96. The number of fused-ring (bicyclic) bond motifs is 1. The highest BCUT2D eigenvalue weighted by molar-refractivity contribution is 5.41. The molecule has 0 unspecified atom stereocenters. The summed E-state index contributed by atoms with van der Waals surface area (Å²) in [5.41, 5.74) is 6.23. The molecular weight excluding hydrogens is 180 g/mol. The monoisotopic (exact) mass is 204 g/mol. The van der Waals surface area contributed by atoms with Crippen LogP contribution in [0.5, 0.6) is 0 Å². The molecule has 0 nitrogen and oxygen atoms in total. The van der Waals surface area contributed by atoms with Crippen molar-refractivity contribution in [3.63, 3.8) is 0 Å². The Morgan fingerprint density at radius 2 is 1.53 bits per heavy atom. The van der Waals surface area contributed by atoms with E-state index in [-0.39, 0.29) is 0 Å². The molecule has 1 aliphatic rings. The zero-order valence-corrected chi connectivity index (χ0v) is 10.9. The zero-order valence-electron chi connectivity index (χ0n) is 10.9. The van der Waals surface area contributed by atoms with Gasteiger partial charge in [0.25, 0.3) is 0 Å². The fraction of sp³-hybridized carbons (Fsp3) is 0.600. The van der Waals surface area contributed by atoms with Crippen LogP contribution >= 0.6 is 0 Å². The Labute approximate surface area is 94.7 Å². The van der Waals surface area contributed by atoms with Crippen molar-refractivity contribution in [3.05, 3.63) is 34.4 Å². The maximum Gasteiger partial charge on any atom is -0.0216 e. The van der Waals surface area contributed by atoms with Crippen molar-refractivity contribution in [3.8, 4) is 0 Å². The summed E-state index contributed by atoms with van der Waals surface area (Å²) in [6.45, 7) is 10.8. The van der Waals surface area contributed by atoms with Crippen molar-refractivity contribution in [1.29, 1.82) is 0 Å². The predicted molar refractivity (Wildman–Crippen MR) is 68.6 cm³/mol. The second-order valence-electron chi connectivity index (χ2n) is 4.49. The highest BCUT2D eigenvalue weighted by Gasteiger charge is 2.13. The minimum Gasteiger partial charge on any atom is -0.0683 e. The number of aryl methyl sites for hydroxylation is 3. The Balaban J connectivity index is 0.000000531. The molecule has 0 radical (unpaired) electrons. The van der Waals surface area contributed by atoms with Crippen LogP contribution in [0.2, 0.25) is 0 Å². The van der Waals surface area contributed by atoms with Gasteiger partial charge >= 0.3 is 0 Å². The predicted octanol–water partition coefficient (Wildman–Crippen LogP) is 4.63. The molecule has 2 rings (SSSR count). The van der Waals surface area contributed by atoms with E-state index < -0.39 is 0 Å². The molecule has 1 aliphatic carbocycles. The lowest BCUT2D eigenvalue weighted by molar-refractivity contribution is 0.852. The summed E-state index contributed by atoms with van der Waals surface area (Å²) < 4.78 is 0. The smallest absolute Gasteiger partial charge is 0.0216 e. The first kappa shape index (κ1) is 12.3. The van der Waals surface area contributed by atoms with E-state index in [1.165, 1.54) is 24.8 Å². The fourth-order valence-corrected chi connectivity index (χ4v) is 2.39. The van der Waals surface area contributed by atoms with Crippen molar-refractivity contribution in [2.45, 2.75) is 59.8 Å². The SMILES string of the molecule is CC.Cc1cc2c(cc1C(C)C)CCC2. The highest BCUT2D eigenvalue weighted by Crippen LogP contribution is 2.28. The normalized spacial score (nSPS) is 13.5. The van der Waals surface area contributed by atoms with E-state index in [1.54, 1.807) is 16.7 Å². The van der Waals surface area contributed by atoms with Crippen LogP contribution in [-0.4, -0.2) is 0 Å². The molecule has 0 saturated carbocycles. The van der Waals surface area contributed by atoms with Gasteiger partial charge in [-0.3, -0.25) is 0 Å². The van der Waals surface area contributed by atoms with Gasteiger partial charge in [-0.15, -0.1) is 0 Å². The van der Waals surface area contributed by atoms with E-state index in [0.29, 0.717) is 5.92 Å². The third-order valence-electron chi connectivity index (χ3n) is 3.10. The van der Waals surface area contributed by atoms with Gasteiger partial charge in [-0.1, -0.05) is 39.8 Å². The molecule has 0 aromatic heterocycles. The molecule has 0 atom stereocenters. The zero-order chi connectivity index (χ0) is 11.4. The minimum atomic E-state index is 0.672. The molecular formula is C15H24. The summed E-state index contributed by atoms with van der Waals surface area (Å²) in [4.78, 5) is 0. The number of benzene rings is 1. The van der Waals surface area contributed by atoms with E-state index in [2.05, 4.69) is 32.9 Å². The summed E-state index contributed by atoms with van der Waals surface area (Å²) >= 11 is 0. The van der Waals surface area contributed by atoms with E-state index >= 15 is 0 Å². The van der Waals surface area contributed by atoms with E-state index in [9.17, 15) is 0 Å². The molecule has 0 fully saturated rings. The lowest BCUT2D eigenvalue weighted by Gasteiger charge is -2.12. The summed E-state index contributed by atoms with van der Waals surface area (Å²) in [5.74, 6) is 0.672. The van der Waals surface area contributed by atoms with Gasteiger partial charge in [0.05, 0.1) is 0 Å². The average molecular weight is 204 g/mol. The van der Waals surface area contributed by atoms with Crippen LogP contribution in [0.3, 0.4) is 0 Å². The Morgan fingerprint density at radius 1 is 1.00 bits per heavy atom. The standard InChI is InChI=1S/C13H18.C2H6/c1-9(2)13-8-12-6-4-5-11(12)7-10(13)3;1-2/h7-9H,4-6H2,1-3H3;1-2H3. The quantitative estimate of drug-likeness (QED) is 0.625. The van der Waals surface area contributed by atoms with Gasteiger partial charge in [0, 0.05) is 0 Å². The Bertz CT molecular complexity index is 321. The van der Waals surface area contributed by atoms with Crippen LogP contribution in [0.4, 0.5) is 0 Å². The molecule has 0 bridgehead atoms. The average Bonchev–Trinajstić information content (AvgIpc) is 2.66. The molecule has 84 valence electrons. The van der Waals surface area contributed by atoms with Crippen molar-refractivity contribution < 1.29 is 0 Å². The lowest BCUT2D eigenvalue weighted by Crippen LogP contribution is -1.95. The summed E-state index contributed by atoms with van der Waals surface area (Å²) in [5, 5.41) is 0.